The van der Waals surface area contributed by atoms with E-state index in [0.29, 0.717) is 0 Å². The molecule has 0 amide bonds. The molecular formula is C16H16O5. The molecule has 0 heterocycles. The van der Waals surface area contributed by atoms with Crippen molar-refractivity contribution in [1.29, 1.82) is 0 Å². The van der Waals surface area contributed by atoms with Gasteiger partial charge >= 0.3 is 0 Å². The normalized spacial score (nSPS) is 10.1. The first-order valence-corrected chi connectivity index (χ1v) is 6.35. The van der Waals surface area contributed by atoms with E-state index in [-0.39, 0.29) is 27.8 Å². The van der Waals surface area contributed by atoms with Crippen LogP contribution in [0.15, 0.2) is 6.07 Å². The van der Waals surface area contributed by atoms with Gasteiger partial charge in [-0.25, -0.2) is 0 Å². The molecule has 0 saturated carbocycles. The predicted molar refractivity (Wildman–Crippen MR) is 76.5 cm³/mol. The fourth-order valence-electron chi connectivity index (χ4n) is 2.32. The van der Waals surface area contributed by atoms with E-state index in [2.05, 4.69) is 0 Å². The quantitative estimate of drug-likeness (QED) is 0.777. The van der Waals surface area contributed by atoms with Gasteiger partial charge in [0, 0.05) is 27.8 Å². The second-order valence-corrected chi connectivity index (χ2v) is 4.88. The molecule has 0 aromatic heterocycles. The molecule has 0 unspecified atom stereocenters. The largest absolute Gasteiger partial charge is 0.294 e. The Labute approximate surface area is 122 Å². The lowest BCUT2D eigenvalue weighted by Gasteiger charge is -2.16. The molecule has 1 aromatic rings. The number of ketones is 5. The molecule has 0 aliphatic heterocycles. The maximum absolute atomic E-state index is 11.9. The topological polar surface area (TPSA) is 85.3 Å². The summed E-state index contributed by atoms with van der Waals surface area (Å²) in [5.74, 6) is -2.41. The van der Waals surface area contributed by atoms with Gasteiger partial charge in [-0.3, -0.25) is 24.0 Å². The van der Waals surface area contributed by atoms with Gasteiger partial charge in [0.25, 0.3) is 0 Å². The van der Waals surface area contributed by atoms with Gasteiger partial charge in [-0.2, -0.15) is 0 Å². The molecule has 5 nitrogen and oxygen atoms in total. The van der Waals surface area contributed by atoms with Crippen LogP contribution in [0.3, 0.4) is 0 Å². The van der Waals surface area contributed by atoms with Crippen molar-refractivity contribution in [1.82, 2.24) is 0 Å². The lowest BCUT2D eigenvalue weighted by molar-refractivity contribution is 0.0951. The van der Waals surface area contributed by atoms with E-state index >= 15 is 0 Å². The summed E-state index contributed by atoms with van der Waals surface area (Å²) in [6.45, 7) is 6.10. The Balaban J connectivity index is 4.13. The van der Waals surface area contributed by atoms with E-state index in [1.165, 1.54) is 40.7 Å². The number of hydrogen-bond donors (Lipinski definition) is 0. The third-order valence-electron chi connectivity index (χ3n) is 3.14. The smallest absolute Gasteiger partial charge is 0.161 e. The molecule has 0 aliphatic rings. The minimum Gasteiger partial charge on any atom is -0.294 e. The Hall–Kier alpha value is -2.43. The highest BCUT2D eigenvalue weighted by atomic mass is 16.1. The van der Waals surface area contributed by atoms with Crippen LogP contribution in [0.2, 0.25) is 0 Å². The summed E-state index contributed by atoms with van der Waals surface area (Å²) in [4.78, 5) is 59.1. The van der Waals surface area contributed by atoms with Crippen molar-refractivity contribution in [2.75, 3.05) is 0 Å². The van der Waals surface area contributed by atoms with Gasteiger partial charge in [-0.15, -0.1) is 0 Å². The number of Topliss-reactive ketones (excluding diaryl/α,β-unsaturated/α-hetero) is 5. The zero-order valence-electron chi connectivity index (χ0n) is 12.6. The Bertz CT molecular complexity index is 645. The van der Waals surface area contributed by atoms with E-state index in [1.807, 2.05) is 0 Å². The van der Waals surface area contributed by atoms with Crippen LogP contribution in [0.4, 0.5) is 0 Å². The number of benzene rings is 1. The molecule has 1 rings (SSSR count). The highest BCUT2D eigenvalue weighted by molar-refractivity contribution is 6.22. The summed E-state index contributed by atoms with van der Waals surface area (Å²) >= 11 is 0. The third-order valence-corrected chi connectivity index (χ3v) is 3.14. The zero-order chi connectivity index (χ0) is 16.5. The lowest BCUT2D eigenvalue weighted by Crippen LogP contribution is -2.19. The van der Waals surface area contributed by atoms with Gasteiger partial charge in [0.2, 0.25) is 0 Å². The summed E-state index contributed by atoms with van der Waals surface area (Å²) in [6, 6.07) is 1.23. The molecule has 1 aromatic carbocycles. The number of hydrogen-bond acceptors (Lipinski definition) is 5. The predicted octanol–water partition coefficient (Wildman–Crippen LogP) is 2.70. The second-order valence-electron chi connectivity index (χ2n) is 4.88. The van der Waals surface area contributed by atoms with Crippen molar-refractivity contribution in [2.24, 2.45) is 0 Å². The molecule has 0 radical (unpaired) electrons. The van der Waals surface area contributed by atoms with Crippen LogP contribution in [0.25, 0.3) is 0 Å². The first-order valence-electron chi connectivity index (χ1n) is 6.35. The van der Waals surface area contributed by atoms with Crippen LogP contribution in [0, 0.1) is 0 Å². The molecule has 0 fully saturated rings. The minimum absolute atomic E-state index is 0.0112. The average Bonchev–Trinajstić information content (AvgIpc) is 2.34. The van der Waals surface area contributed by atoms with E-state index in [9.17, 15) is 24.0 Å². The monoisotopic (exact) mass is 288 g/mol. The number of carbonyl (C=O) groups excluding carboxylic acids is 5. The SMILES string of the molecule is CC(=O)c1cc(C(C)=O)c(C(C)=O)c(C(C)=O)c1C(C)=O. The molecule has 0 atom stereocenters. The maximum atomic E-state index is 11.9. The zero-order valence-corrected chi connectivity index (χ0v) is 12.6. The van der Waals surface area contributed by atoms with Gasteiger partial charge in [-0.05, 0) is 40.7 Å². The van der Waals surface area contributed by atoms with Crippen molar-refractivity contribution in [3.05, 3.63) is 33.9 Å². The molecule has 5 heteroatoms. The average molecular weight is 288 g/mol. The highest BCUT2D eigenvalue weighted by Crippen LogP contribution is 2.26. The van der Waals surface area contributed by atoms with E-state index < -0.39 is 28.9 Å². The summed E-state index contributed by atoms with van der Waals surface area (Å²) in [6.07, 6.45) is 0. The first kappa shape index (κ1) is 16.6. The molecule has 110 valence electrons. The van der Waals surface area contributed by atoms with Crippen LogP contribution < -0.4 is 0 Å². The molecule has 0 spiro atoms. The standard InChI is InChI=1S/C16H16O5/c1-7(17)12-6-13(8(2)18)15(10(4)20)16(11(5)21)14(12)9(3)19/h6H,1-5H3. The van der Waals surface area contributed by atoms with Crippen LogP contribution in [-0.4, -0.2) is 28.9 Å². The first-order chi connectivity index (χ1) is 9.59. The maximum Gasteiger partial charge on any atom is 0.161 e. The van der Waals surface area contributed by atoms with E-state index in [1.54, 1.807) is 0 Å². The Morgan fingerprint density at radius 1 is 0.524 bits per heavy atom. The Kier molecular flexibility index (Phi) is 4.68. The Morgan fingerprint density at radius 3 is 1.00 bits per heavy atom. The molecule has 0 N–H and O–H groups in total. The van der Waals surface area contributed by atoms with Crippen LogP contribution in [-0.2, 0) is 0 Å². The van der Waals surface area contributed by atoms with E-state index in [4.69, 9.17) is 0 Å². The van der Waals surface area contributed by atoms with Crippen LogP contribution in [0.5, 0.6) is 0 Å². The lowest BCUT2D eigenvalue weighted by atomic mass is 9.84. The molecule has 0 saturated heterocycles. The van der Waals surface area contributed by atoms with E-state index in [0.717, 1.165) is 0 Å². The van der Waals surface area contributed by atoms with Gasteiger partial charge in [0.05, 0.1) is 0 Å². The minimum atomic E-state index is -0.531. The fourth-order valence-corrected chi connectivity index (χ4v) is 2.32. The van der Waals surface area contributed by atoms with Gasteiger partial charge in [-0.1, -0.05) is 0 Å². The highest BCUT2D eigenvalue weighted by Gasteiger charge is 2.28. The fraction of sp³-hybridized carbons (Fsp3) is 0.312. The summed E-state index contributed by atoms with van der Waals surface area (Å²) < 4.78 is 0. The summed E-state index contributed by atoms with van der Waals surface area (Å²) in [5.41, 5.74) is -0.353. The summed E-state index contributed by atoms with van der Waals surface area (Å²) in [5, 5.41) is 0. The molecule has 0 aliphatic carbocycles. The number of rotatable bonds is 5. The van der Waals surface area contributed by atoms with Crippen molar-refractivity contribution in [3.63, 3.8) is 0 Å². The molecule has 0 bridgehead atoms. The van der Waals surface area contributed by atoms with Gasteiger partial charge in [0.1, 0.15) is 0 Å². The van der Waals surface area contributed by atoms with Crippen molar-refractivity contribution >= 4 is 28.9 Å². The van der Waals surface area contributed by atoms with Crippen molar-refractivity contribution in [3.8, 4) is 0 Å². The second kappa shape index (κ2) is 5.91. The summed E-state index contributed by atoms with van der Waals surface area (Å²) in [7, 11) is 0. The van der Waals surface area contributed by atoms with Crippen molar-refractivity contribution < 1.29 is 24.0 Å². The van der Waals surface area contributed by atoms with Crippen LogP contribution in [0.1, 0.15) is 86.4 Å². The molecule has 21 heavy (non-hydrogen) atoms. The third kappa shape index (κ3) is 3.02. The van der Waals surface area contributed by atoms with Gasteiger partial charge in [0.15, 0.2) is 28.9 Å². The van der Waals surface area contributed by atoms with Crippen molar-refractivity contribution in [2.45, 2.75) is 34.6 Å². The number of carbonyl (C=O) groups is 5. The van der Waals surface area contributed by atoms with Gasteiger partial charge < -0.3 is 0 Å². The Morgan fingerprint density at radius 2 is 0.810 bits per heavy atom. The van der Waals surface area contributed by atoms with Crippen LogP contribution >= 0.6 is 0 Å². The molecular weight excluding hydrogens is 272 g/mol.